The summed E-state index contributed by atoms with van der Waals surface area (Å²) in [5, 5.41) is 9.69. The highest BCUT2D eigenvalue weighted by Gasteiger charge is 2.29. The first-order chi connectivity index (χ1) is 26.9. The van der Waals surface area contributed by atoms with Crippen LogP contribution in [0, 0.1) is 0 Å². The number of ether oxygens (including phenoxy) is 2. The lowest BCUT2D eigenvalue weighted by Gasteiger charge is -2.25. The van der Waals surface area contributed by atoms with Gasteiger partial charge in [-0.1, -0.05) is 135 Å². The molecule has 0 unspecified atom stereocenters. The van der Waals surface area contributed by atoms with Crippen LogP contribution in [-0.4, -0.2) is 47.0 Å². The Kier molecular flexibility index (Phi) is 15.9. The molecule has 0 spiro atoms. The summed E-state index contributed by atoms with van der Waals surface area (Å²) in [6, 6.07) is 34.2. The predicted molar refractivity (Wildman–Crippen MR) is 214 cm³/mol. The molecule has 0 aliphatic heterocycles. The van der Waals surface area contributed by atoms with E-state index in [2.05, 4.69) is 33.1 Å². The fourth-order valence-electron chi connectivity index (χ4n) is 6.48. The summed E-state index contributed by atoms with van der Waals surface area (Å²) in [7, 11) is 0. The molecule has 4 aromatic carbocycles. The number of fused-ring (bicyclic) bond motifs is 1. The van der Waals surface area contributed by atoms with Gasteiger partial charge in [-0.25, -0.2) is 4.79 Å². The molecule has 1 heterocycles. The van der Waals surface area contributed by atoms with Crippen molar-refractivity contribution in [3.8, 4) is 0 Å². The molecule has 10 heteroatoms. The van der Waals surface area contributed by atoms with Crippen LogP contribution in [0.4, 0.5) is 4.79 Å². The Morgan fingerprint density at radius 1 is 0.618 bits per heavy atom. The largest absolute Gasteiger partial charge is 0.461 e. The molecular formula is C45H52N4O6. The van der Waals surface area contributed by atoms with Gasteiger partial charge in [0.25, 0.3) is 0 Å². The number of H-pyrrole nitrogens is 1. The van der Waals surface area contributed by atoms with Gasteiger partial charge in [-0.05, 0) is 54.0 Å². The van der Waals surface area contributed by atoms with Gasteiger partial charge in [0.15, 0.2) is 0 Å². The second-order valence-electron chi connectivity index (χ2n) is 13.8. The van der Waals surface area contributed by atoms with Gasteiger partial charge in [-0.2, -0.15) is 0 Å². The second-order valence-corrected chi connectivity index (χ2v) is 13.8. The second kappa shape index (κ2) is 21.7. The average Bonchev–Trinajstić information content (AvgIpc) is 3.62. The third-order valence-corrected chi connectivity index (χ3v) is 9.51. The van der Waals surface area contributed by atoms with Gasteiger partial charge in [0.05, 0.1) is 6.42 Å². The first kappa shape index (κ1) is 40.3. The van der Waals surface area contributed by atoms with Gasteiger partial charge < -0.3 is 30.4 Å². The fourth-order valence-corrected chi connectivity index (χ4v) is 6.48. The van der Waals surface area contributed by atoms with Crippen LogP contribution in [0.5, 0.6) is 0 Å². The number of esters is 1. The predicted octanol–water partition coefficient (Wildman–Crippen LogP) is 7.71. The maximum Gasteiger partial charge on any atom is 0.408 e. The van der Waals surface area contributed by atoms with Crippen LogP contribution in [0.3, 0.4) is 0 Å². The van der Waals surface area contributed by atoms with E-state index in [1.54, 1.807) is 0 Å². The molecule has 3 amide bonds. The molecule has 0 radical (unpaired) electrons. The summed E-state index contributed by atoms with van der Waals surface area (Å²) in [5.41, 5.74) is 4.65. The first-order valence-corrected chi connectivity index (χ1v) is 19.2. The van der Waals surface area contributed by atoms with Crippen LogP contribution in [0.1, 0.15) is 74.1 Å². The quantitative estimate of drug-likeness (QED) is 0.0449. The number of aromatic amines is 1. The van der Waals surface area contributed by atoms with E-state index < -0.39 is 36.1 Å². The van der Waals surface area contributed by atoms with Gasteiger partial charge in [-0.3, -0.25) is 14.4 Å². The number of unbranched alkanes of at least 4 members (excludes halogenated alkanes) is 2. The van der Waals surface area contributed by atoms with E-state index in [1.165, 1.54) is 5.56 Å². The number of hydrogen-bond donors (Lipinski definition) is 4. The van der Waals surface area contributed by atoms with Crippen molar-refractivity contribution < 1.29 is 28.7 Å². The Labute approximate surface area is 323 Å². The van der Waals surface area contributed by atoms with E-state index in [0.717, 1.165) is 53.3 Å². The number of carbonyl (C=O) groups excluding carboxylic acids is 4. The zero-order chi connectivity index (χ0) is 38.7. The molecule has 4 N–H and O–H groups in total. The number of benzene rings is 4. The number of amides is 3. The highest BCUT2D eigenvalue weighted by Crippen LogP contribution is 2.20. The summed E-state index contributed by atoms with van der Waals surface area (Å²) in [6.45, 7) is 2.19. The number of hydrogen-bond acceptors (Lipinski definition) is 6. The van der Waals surface area contributed by atoms with E-state index in [0.29, 0.717) is 19.3 Å². The van der Waals surface area contributed by atoms with Crippen LogP contribution < -0.4 is 16.0 Å². The summed E-state index contributed by atoms with van der Waals surface area (Å²) < 4.78 is 11.1. The Balaban J connectivity index is 1.27. The highest BCUT2D eigenvalue weighted by molar-refractivity contribution is 5.92. The van der Waals surface area contributed by atoms with Crippen molar-refractivity contribution in [3.63, 3.8) is 0 Å². The highest BCUT2D eigenvalue weighted by atomic mass is 16.5. The SMILES string of the molecule is CCCC[C@H](NC(=O)[C@H](Cc1c[nH]c2ccccc12)NC(=O)OCc1ccccc1)C(=O)N[C@@H](CCCCc1ccccc1)CC(=O)OCc1ccccc1. The monoisotopic (exact) mass is 744 g/mol. The normalized spacial score (nSPS) is 12.6. The third kappa shape index (κ3) is 13.5. The maximum absolute atomic E-state index is 14.1. The molecule has 0 fully saturated rings. The molecule has 0 saturated heterocycles. The summed E-state index contributed by atoms with van der Waals surface area (Å²) in [5.74, 6) is -1.31. The van der Waals surface area contributed by atoms with Crippen molar-refractivity contribution in [3.05, 3.63) is 144 Å². The lowest BCUT2D eigenvalue weighted by molar-refractivity contribution is -0.145. The summed E-state index contributed by atoms with van der Waals surface area (Å²) >= 11 is 0. The number of alkyl carbamates (subject to hydrolysis) is 1. The Morgan fingerprint density at radius 3 is 1.89 bits per heavy atom. The van der Waals surface area contributed by atoms with Gasteiger partial charge >= 0.3 is 12.1 Å². The first-order valence-electron chi connectivity index (χ1n) is 19.2. The molecule has 55 heavy (non-hydrogen) atoms. The zero-order valence-corrected chi connectivity index (χ0v) is 31.5. The molecule has 5 aromatic rings. The van der Waals surface area contributed by atoms with Crippen LogP contribution in [-0.2, 0) is 49.9 Å². The van der Waals surface area contributed by atoms with Crippen molar-refractivity contribution >= 4 is 34.8 Å². The smallest absolute Gasteiger partial charge is 0.408 e. The molecule has 288 valence electrons. The summed E-state index contributed by atoms with van der Waals surface area (Å²) in [6.07, 6.45) is 6.20. The van der Waals surface area contributed by atoms with Crippen molar-refractivity contribution in [1.82, 2.24) is 20.9 Å². The summed E-state index contributed by atoms with van der Waals surface area (Å²) in [4.78, 5) is 57.5. The number of rotatable bonds is 21. The van der Waals surface area contributed by atoms with Crippen molar-refractivity contribution in [2.75, 3.05) is 0 Å². The molecule has 0 bridgehead atoms. The molecule has 1 aromatic heterocycles. The van der Waals surface area contributed by atoms with Crippen molar-refractivity contribution in [2.45, 2.75) is 96.1 Å². The Bertz CT molecular complexity index is 1930. The number of aromatic nitrogens is 1. The van der Waals surface area contributed by atoms with Crippen LogP contribution in [0.2, 0.25) is 0 Å². The Morgan fingerprint density at radius 2 is 1.22 bits per heavy atom. The maximum atomic E-state index is 14.1. The molecule has 0 aliphatic rings. The zero-order valence-electron chi connectivity index (χ0n) is 31.5. The molecule has 5 rings (SSSR count). The van der Waals surface area contributed by atoms with Gasteiger partial charge in [-0.15, -0.1) is 0 Å². The number of aryl methyl sites for hydroxylation is 1. The lowest BCUT2D eigenvalue weighted by atomic mass is 10.0. The minimum Gasteiger partial charge on any atom is -0.461 e. The minimum absolute atomic E-state index is 0.00362. The number of carbonyl (C=O) groups is 4. The van der Waals surface area contributed by atoms with E-state index in [9.17, 15) is 19.2 Å². The van der Waals surface area contributed by atoms with E-state index in [-0.39, 0.29) is 32.0 Å². The molecule has 0 saturated carbocycles. The Hall–Kier alpha value is -5.90. The lowest BCUT2D eigenvalue weighted by Crippen LogP contribution is -2.55. The van der Waals surface area contributed by atoms with Crippen LogP contribution in [0.15, 0.2) is 121 Å². The number of nitrogens with one attached hydrogen (secondary N) is 4. The standard InChI is InChI=1S/C45H52N4O6/c1-2-3-26-40(43(51)47-37(24-14-13-19-33-17-7-4-8-18-33)29-42(50)54-31-34-20-9-5-10-21-34)48-44(52)41(28-36-30-46-39-27-16-15-25-38(36)39)49-45(53)55-32-35-22-11-6-12-23-35/h4-12,15-18,20-23,25,27,30,37,40-41,46H,2-3,13-14,19,24,26,28-29,31-32H2,1H3,(H,47,51)(H,48,52)(H,49,53)/t37-,40-,41-/m0/s1. The molecule has 3 atom stereocenters. The number of para-hydroxylation sites is 1. The minimum atomic E-state index is -1.04. The third-order valence-electron chi connectivity index (χ3n) is 9.51. The van der Waals surface area contributed by atoms with Gasteiger partial charge in [0.1, 0.15) is 25.3 Å². The fraction of sp³-hybridized carbons (Fsp3) is 0.333. The molecular weight excluding hydrogens is 693 g/mol. The van der Waals surface area contributed by atoms with E-state index in [1.807, 2.05) is 116 Å². The average molecular weight is 745 g/mol. The van der Waals surface area contributed by atoms with Gasteiger partial charge in [0, 0.05) is 29.6 Å². The van der Waals surface area contributed by atoms with E-state index in [4.69, 9.17) is 9.47 Å². The molecule has 10 nitrogen and oxygen atoms in total. The van der Waals surface area contributed by atoms with Gasteiger partial charge in [0.2, 0.25) is 11.8 Å². The topological polar surface area (TPSA) is 139 Å². The van der Waals surface area contributed by atoms with E-state index >= 15 is 0 Å². The van der Waals surface area contributed by atoms with Crippen LogP contribution >= 0.6 is 0 Å². The van der Waals surface area contributed by atoms with Crippen LogP contribution in [0.25, 0.3) is 10.9 Å². The van der Waals surface area contributed by atoms with Crippen molar-refractivity contribution in [1.29, 1.82) is 0 Å². The molecule has 0 aliphatic carbocycles. The van der Waals surface area contributed by atoms with Crippen molar-refractivity contribution in [2.24, 2.45) is 0 Å².